The van der Waals surface area contributed by atoms with Crippen molar-refractivity contribution in [2.75, 3.05) is 17.2 Å². The van der Waals surface area contributed by atoms with Crippen LogP contribution in [0.2, 0.25) is 0 Å². The summed E-state index contributed by atoms with van der Waals surface area (Å²) in [5.41, 5.74) is 0.922. The average Bonchev–Trinajstić information content (AvgIpc) is 2.37. The number of anilines is 2. The number of nitrogens with zero attached hydrogens (tertiary/aromatic N) is 4. The molecule has 0 bridgehead atoms. The van der Waals surface area contributed by atoms with Crippen molar-refractivity contribution in [1.29, 1.82) is 0 Å². The molecular weight excluding hydrogens is 228 g/mol. The van der Waals surface area contributed by atoms with Gasteiger partial charge in [-0.2, -0.15) is 0 Å². The largest absolute Gasteiger partial charge is 0.370 e. The van der Waals surface area contributed by atoms with E-state index in [-0.39, 0.29) is 0 Å². The molecule has 0 aliphatic heterocycles. The molecule has 0 aliphatic carbocycles. The van der Waals surface area contributed by atoms with Crippen molar-refractivity contribution < 1.29 is 0 Å². The van der Waals surface area contributed by atoms with Gasteiger partial charge in [0, 0.05) is 18.8 Å². The summed E-state index contributed by atoms with van der Waals surface area (Å²) in [6.07, 6.45) is 3.26. The Kier molecular flexibility index (Phi) is 4.01. The van der Waals surface area contributed by atoms with Gasteiger partial charge in [0.05, 0.1) is 12.2 Å². The van der Waals surface area contributed by atoms with E-state index in [0.717, 1.165) is 29.7 Å². The molecule has 0 fully saturated rings. The van der Waals surface area contributed by atoms with E-state index in [1.807, 2.05) is 26.0 Å². The van der Waals surface area contributed by atoms with Gasteiger partial charge in [-0.25, -0.2) is 19.9 Å². The molecule has 2 aromatic heterocycles. The summed E-state index contributed by atoms with van der Waals surface area (Å²) in [5, 5.41) is 6.39. The lowest BCUT2D eigenvalue weighted by molar-refractivity contribution is 0.974. The Morgan fingerprint density at radius 2 is 1.94 bits per heavy atom. The van der Waals surface area contributed by atoms with Gasteiger partial charge in [-0.1, -0.05) is 0 Å². The molecule has 0 aliphatic rings. The Labute approximate surface area is 106 Å². The quantitative estimate of drug-likeness (QED) is 0.832. The third-order valence-corrected chi connectivity index (χ3v) is 2.29. The minimum Gasteiger partial charge on any atom is -0.370 e. The molecule has 2 N–H and O–H groups in total. The van der Waals surface area contributed by atoms with Crippen LogP contribution in [0, 0.1) is 6.92 Å². The van der Waals surface area contributed by atoms with Crippen LogP contribution in [0.15, 0.2) is 24.7 Å². The minimum absolute atomic E-state index is 0.616. The molecule has 2 aromatic rings. The van der Waals surface area contributed by atoms with E-state index in [1.54, 1.807) is 6.20 Å². The summed E-state index contributed by atoms with van der Waals surface area (Å²) in [6.45, 7) is 5.36. The van der Waals surface area contributed by atoms with Crippen molar-refractivity contribution in [3.63, 3.8) is 0 Å². The molecule has 94 valence electrons. The number of nitrogens with one attached hydrogen (secondary N) is 2. The molecule has 0 radical (unpaired) electrons. The van der Waals surface area contributed by atoms with Crippen molar-refractivity contribution in [1.82, 2.24) is 19.9 Å². The summed E-state index contributed by atoms with van der Waals surface area (Å²) in [4.78, 5) is 16.6. The van der Waals surface area contributed by atoms with Crippen LogP contribution >= 0.6 is 0 Å². The average molecular weight is 244 g/mol. The number of aromatic nitrogens is 4. The highest BCUT2D eigenvalue weighted by Gasteiger charge is 2.01. The normalized spacial score (nSPS) is 10.1. The van der Waals surface area contributed by atoms with E-state index in [9.17, 15) is 0 Å². The molecule has 6 heteroatoms. The summed E-state index contributed by atoms with van der Waals surface area (Å²) in [6, 6.07) is 3.75. The molecule has 2 heterocycles. The molecule has 0 aromatic carbocycles. The maximum absolute atomic E-state index is 4.33. The fourth-order valence-electron chi connectivity index (χ4n) is 1.53. The fraction of sp³-hybridized carbons (Fsp3) is 0.333. The second-order valence-electron chi connectivity index (χ2n) is 3.77. The standard InChI is InChI=1S/C12H16N6/c1-3-14-11-6-12(18-9(2)17-11)15-7-10-4-5-13-8-16-10/h4-6,8H,3,7H2,1-2H3,(H2,14,15,17,18). The van der Waals surface area contributed by atoms with Crippen LogP contribution < -0.4 is 10.6 Å². The first-order valence-corrected chi connectivity index (χ1v) is 5.86. The van der Waals surface area contributed by atoms with Crippen LogP contribution in [0.3, 0.4) is 0 Å². The number of rotatable bonds is 5. The molecule has 0 amide bonds. The van der Waals surface area contributed by atoms with Crippen LogP contribution in [-0.2, 0) is 6.54 Å². The van der Waals surface area contributed by atoms with E-state index in [2.05, 4.69) is 30.6 Å². The number of hydrogen-bond donors (Lipinski definition) is 2. The molecule has 18 heavy (non-hydrogen) atoms. The Morgan fingerprint density at radius 1 is 1.17 bits per heavy atom. The Hall–Kier alpha value is -2.24. The fourth-order valence-corrected chi connectivity index (χ4v) is 1.53. The summed E-state index contributed by atoms with van der Waals surface area (Å²) in [5.74, 6) is 2.35. The van der Waals surface area contributed by atoms with E-state index >= 15 is 0 Å². The van der Waals surface area contributed by atoms with Gasteiger partial charge in [-0.3, -0.25) is 0 Å². The van der Waals surface area contributed by atoms with Gasteiger partial charge in [0.2, 0.25) is 0 Å². The molecule has 6 nitrogen and oxygen atoms in total. The van der Waals surface area contributed by atoms with Crippen LogP contribution in [0.5, 0.6) is 0 Å². The molecule has 2 rings (SSSR count). The van der Waals surface area contributed by atoms with Crippen molar-refractivity contribution in [3.8, 4) is 0 Å². The van der Waals surface area contributed by atoms with Gasteiger partial charge in [0.1, 0.15) is 23.8 Å². The monoisotopic (exact) mass is 244 g/mol. The zero-order chi connectivity index (χ0) is 12.8. The van der Waals surface area contributed by atoms with Crippen molar-refractivity contribution >= 4 is 11.6 Å². The lowest BCUT2D eigenvalue weighted by Gasteiger charge is -2.08. The Bertz CT molecular complexity index is 499. The van der Waals surface area contributed by atoms with Gasteiger partial charge < -0.3 is 10.6 Å². The predicted molar refractivity (Wildman–Crippen MR) is 70.3 cm³/mol. The van der Waals surface area contributed by atoms with E-state index in [0.29, 0.717) is 6.54 Å². The Morgan fingerprint density at radius 3 is 2.61 bits per heavy atom. The number of aryl methyl sites for hydroxylation is 1. The van der Waals surface area contributed by atoms with E-state index in [4.69, 9.17) is 0 Å². The summed E-state index contributed by atoms with van der Waals surface area (Å²) in [7, 11) is 0. The van der Waals surface area contributed by atoms with Gasteiger partial charge >= 0.3 is 0 Å². The highest BCUT2D eigenvalue weighted by molar-refractivity contribution is 5.47. The first kappa shape index (κ1) is 12.2. The summed E-state index contributed by atoms with van der Waals surface area (Å²) < 4.78 is 0. The smallest absolute Gasteiger partial charge is 0.132 e. The van der Waals surface area contributed by atoms with Gasteiger partial charge in [-0.15, -0.1) is 0 Å². The SMILES string of the molecule is CCNc1cc(NCc2ccncn2)nc(C)n1. The lowest BCUT2D eigenvalue weighted by atomic mass is 10.4. The summed E-state index contributed by atoms with van der Waals surface area (Å²) >= 11 is 0. The maximum Gasteiger partial charge on any atom is 0.132 e. The van der Waals surface area contributed by atoms with Crippen molar-refractivity contribution in [3.05, 3.63) is 36.2 Å². The van der Waals surface area contributed by atoms with Gasteiger partial charge in [0.15, 0.2) is 0 Å². The van der Waals surface area contributed by atoms with Gasteiger partial charge in [0.25, 0.3) is 0 Å². The third-order valence-electron chi connectivity index (χ3n) is 2.29. The molecule has 0 saturated heterocycles. The predicted octanol–water partition coefficient (Wildman–Crippen LogP) is 1.62. The minimum atomic E-state index is 0.616. The van der Waals surface area contributed by atoms with Crippen LogP contribution in [0.1, 0.15) is 18.4 Å². The molecule has 0 spiro atoms. The van der Waals surface area contributed by atoms with Crippen LogP contribution in [-0.4, -0.2) is 26.5 Å². The molecule has 0 unspecified atom stereocenters. The van der Waals surface area contributed by atoms with Crippen LogP contribution in [0.4, 0.5) is 11.6 Å². The second-order valence-corrected chi connectivity index (χ2v) is 3.77. The van der Waals surface area contributed by atoms with E-state index < -0.39 is 0 Å². The first-order valence-electron chi connectivity index (χ1n) is 5.86. The van der Waals surface area contributed by atoms with Crippen molar-refractivity contribution in [2.45, 2.75) is 20.4 Å². The van der Waals surface area contributed by atoms with Crippen molar-refractivity contribution in [2.24, 2.45) is 0 Å². The molecular formula is C12H16N6. The highest BCUT2D eigenvalue weighted by Crippen LogP contribution is 2.11. The zero-order valence-electron chi connectivity index (χ0n) is 10.5. The lowest BCUT2D eigenvalue weighted by Crippen LogP contribution is -2.07. The third kappa shape index (κ3) is 3.38. The zero-order valence-corrected chi connectivity index (χ0v) is 10.5. The second kappa shape index (κ2) is 5.90. The van der Waals surface area contributed by atoms with Crippen LogP contribution in [0.25, 0.3) is 0 Å². The molecule has 0 atom stereocenters. The van der Waals surface area contributed by atoms with E-state index in [1.165, 1.54) is 6.33 Å². The maximum atomic E-state index is 4.33. The van der Waals surface area contributed by atoms with Gasteiger partial charge in [-0.05, 0) is 19.9 Å². The topological polar surface area (TPSA) is 75.6 Å². The first-order chi connectivity index (χ1) is 8.78. The highest BCUT2D eigenvalue weighted by atomic mass is 15.1. The Balaban J connectivity index is 2.05. The number of hydrogen-bond acceptors (Lipinski definition) is 6. The molecule has 0 saturated carbocycles.